The van der Waals surface area contributed by atoms with E-state index < -0.39 is 0 Å². The quantitative estimate of drug-likeness (QED) is 0.555. The van der Waals surface area contributed by atoms with Crippen LogP contribution in [0.15, 0.2) is 30.6 Å². The van der Waals surface area contributed by atoms with Crippen LogP contribution in [0.5, 0.6) is 0 Å². The standard InChI is InChI=1S/C23H27N3O2S/c1-5-28-22(27)14-6-9-16(10-7-14)26-20-19-17-11-8-15(23(2,3)4)12-18(17)29-21(19)25-13-24-20/h6-7,9-10,13,15H,5,8,11-12H2,1-4H3,(H,24,25,26). The molecule has 29 heavy (non-hydrogen) atoms. The van der Waals surface area contributed by atoms with Crippen LogP contribution in [0.1, 0.15) is 54.9 Å². The second kappa shape index (κ2) is 7.75. The van der Waals surface area contributed by atoms with Gasteiger partial charge in [0.15, 0.2) is 0 Å². The van der Waals surface area contributed by atoms with Crippen LogP contribution < -0.4 is 5.32 Å². The summed E-state index contributed by atoms with van der Waals surface area (Å²) >= 11 is 1.80. The van der Waals surface area contributed by atoms with Crippen molar-refractivity contribution in [2.24, 2.45) is 11.3 Å². The molecular weight excluding hydrogens is 382 g/mol. The molecule has 0 saturated heterocycles. The first kappa shape index (κ1) is 19.8. The fraction of sp³-hybridized carbons (Fsp3) is 0.435. The molecule has 1 N–H and O–H groups in total. The highest BCUT2D eigenvalue weighted by Gasteiger charge is 2.31. The Kier molecular flexibility index (Phi) is 5.30. The van der Waals surface area contributed by atoms with Crippen LogP contribution in [0.4, 0.5) is 11.5 Å². The molecular formula is C23H27N3O2S. The average Bonchev–Trinajstić information content (AvgIpc) is 3.07. The van der Waals surface area contributed by atoms with Crippen LogP contribution in [0.3, 0.4) is 0 Å². The van der Waals surface area contributed by atoms with Crippen LogP contribution >= 0.6 is 11.3 Å². The lowest BCUT2D eigenvalue weighted by Gasteiger charge is -2.33. The van der Waals surface area contributed by atoms with E-state index in [1.165, 1.54) is 16.9 Å². The molecule has 0 aliphatic heterocycles. The molecule has 0 radical (unpaired) electrons. The highest BCUT2D eigenvalue weighted by Crippen LogP contribution is 2.44. The van der Waals surface area contributed by atoms with Crippen LogP contribution in [0.25, 0.3) is 10.2 Å². The van der Waals surface area contributed by atoms with Gasteiger partial charge in [-0.1, -0.05) is 20.8 Å². The number of benzene rings is 1. The monoisotopic (exact) mass is 409 g/mol. The number of fused-ring (bicyclic) bond motifs is 3. The molecule has 1 atom stereocenters. The minimum absolute atomic E-state index is 0.302. The van der Waals surface area contributed by atoms with Crippen molar-refractivity contribution in [3.8, 4) is 0 Å². The Bertz CT molecular complexity index is 1030. The van der Waals surface area contributed by atoms with E-state index in [-0.39, 0.29) is 5.97 Å². The number of ether oxygens (including phenoxy) is 1. The van der Waals surface area contributed by atoms with Gasteiger partial charge in [0.2, 0.25) is 0 Å². The van der Waals surface area contributed by atoms with E-state index in [1.54, 1.807) is 36.7 Å². The first-order valence-corrected chi connectivity index (χ1v) is 11.0. The molecule has 1 unspecified atom stereocenters. The van der Waals surface area contributed by atoms with Gasteiger partial charge in [-0.2, -0.15) is 0 Å². The second-order valence-corrected chi connectivity index (χ2v) is 9.72. The lowest BCUT2D eigenvalue weighted by atomic mass is 9.72. The zero-order valence-electron chi connectivity index (χ0n) is 17.4. The smallest absolute Gasteiger partial charge is 0.338 e. The van der Waals surface area contributed by atoms with Gasteiger partial charge in [-0.3, -0.25) is 0 Å². The molecule has 0 amide bonds. The summed E-state index contributed by atoms with van der Waals surface area (Å²) in [5.74, 6) is 1.23. The third kappa shape index (κ3) is 3.99. The topological polar surface area (TPSA) is 64.1 Å². The first-order chi connectivity index (χ1) is 13.9. The fourth-order valence-corrected chi connectivity index (χ4v) is 5.25. The Balaban J connectivity index is 1.62. The van der Waals surface area contributed by atoms with E-state index >= 15 is 0 Å². The van der Waals surface area contributed by atoms with Crippen molar-refractivity contribution >= 4 is 39.0 Å². The number of thiophene rings is 1. The lowest BCUT2D eigenvalue weighted by Crippen LogP contribution is -2.26. The summed E-state index contributed by atoms with van der Waals surface area (Å²) in [6, 6.07) is 7.31. The summed E-state index contributed by atoms with van der Waals surface area (Å²) < 4.78 is 5.05. The molecule has 0 saturated carbocycles. The van der Waals surface area contributed by atoms with E-state index in [4.69, 9.17) is 4.74 Å². The number of carbonyl (C=O) groups is 1. The predicted octanol–water partition coefficient (Wildman–Crippen LogP) is 5.76. The summed E-state index contributed by atoms with van der Waals surface area (Å²) in [5, 5.41) is 4.57. The number of anilines is 2. The average molecular weight is 410 g/mol. The highest BCUT2D eigenvalue weighted by atomic mass is 32.1. The normalized spacial score (nSPS) is 16.5. The molecule has 0 bridgehead atoms. The highest BCUT2D eigenvalue weighted by molar-refractivity contribution is 7.19. The van der Waals surface area contributed by atoms with Crippen molar-refractivity contribution in [2.75, 3.05) is 11.9 Å². The second-order valence-electron chi connectivity index (χ2n) is 8.63. The third-order valence-corrected chi connectivity index (χ3v) is 6.89. The summed E-state index contributed by atoms with van der Waals surface area (Å²) in [6.45, 7) is 9.19. The van der Waals surface area contributed by atoms with Crippen molar-refractivity contribution in [1.29, 1.82) is 0 Å². The van der Waals surface area contributed by atoms with Crippen LogP contribution in [0.2, 0.25) is 0 Å². The lowest BCUT2D eigenvalue weighted by molar-refractivity contribution is 0.0526. The summed E-state index contributed by atoms with van der Waals surface area (Å²) in [7, 11) is 0. The van der Waals surface area contributed by atoms with Crippen LogP contribution in [0, 0.1) is 11.3 Å². The number of aromatic nitrogens is 2. The molecule has 3 aromatic rings. The van der Waals surface area contributed by atoms with Crippen molar-refractivity contribution in [2.45, 2.75) is 47.0 Å². The SMILES string of the molecule is CCOC(=O)c1ccc(Nc2ncnc3sc4c(c23)CCC(C(C)(C)C)C4)cc1. The molecule has 6 heteroatoms. The Hall–Kier alpha value is -2.47. The maximum atomic E-state index is 11.8. The minimum Gasteiger partial charge on any atom is -0.462 e. The van der Waals surface area contributed by atoms with Crippen molar-refractivity contribution < 1.29 is 9.53 Å². The molecule has 2 aromatic heterocycles. The molecule has 4 rings (SSSR count). The summed E-state index contributed by atoms with van der Waals surface area (Å²) in [6.07, 6.45) is 5.01. The number of hydrogen-bond donors (Lipinski definition) is 1. The largest absolute Gasteiger partial charge is 0.462 e. The zero-order valence-corrected chi connectivity index (χ0v) is 18.2. The number of rotatable bonds is 4. The van der Waals surface area contributed by atoms with Crippen LogP contribution in [-0.2, 0) is 17.6 Å². The molecule has 152 valence electrons. The van der Waals surface area contributed by atoms with Crippen molar-refractivity contribution in [1.82, 2.24) is 9.97 Å². The Morgan fingerprint density at radius 3 is 2.69 bits per heavy atom. The Morgan fingerprint density at radius 2 is 2.00 bits per heavy atom. The third-order valence-electron chi connectivity index (χ3n) is 5.73. The summed E-state index contributed by atoms with van der Waals surface area (Å²) in [4.78, 5) is 23.4. The number of aryl methyl sites for hydroxylation is 1. The number of nitrogens with zero attached hydrogens (tertiary/aromatic N) is 2. The summed E-state index contributed by atoms with van der Waals surface area (Å²) in [5.41, 5.74) is 3.16. The number of esters is 1. The molecule has 1 aliphatic rings. The molecule has 0 spiro atoms. The van der Waals surface area contributed by atoms with E-state index in [0.717, 1.165) is 34.6 Å². The first-order valence-electron chi connectivity index (χ1n) is 10.2. The van der Waals surface area contributed by atoms with E-state index in [2.05, 4.69) is 36.1 Å². The number of hydrogen-bond acceptors (Lipinski definition) is 6. The van der Waals surface area contributed by atoms with Gasteiger partial charge in [-0.15, -0.1) is 11.3 Å². The van der Waals surface area contributed by atoms with Gasteiger partial charge in [-0.05, 0) is 67.3 Å². The molecule has 1 aliphatic carbocycles. The molecule has 2 heterocycles. The fourth-order valence-electron chi connectivity index (χ4n) is 3.99. The van der Waals surface area contributed by atoms with Gasteiger partial charge in [-0.25, -0.2) is 14.8 Å². The maximum absolute atomic E-state index is 11.8. The van der Waals surface area contributed by atoms with Gasteiger partial charge < -0.3 is 10.1 Å². The Labute approximate surface area is 175 Å². The van der Waals surface area contributed by atoms with E-state index in [1.807, 2.05) is 12.1 Å². The zero-order chi connectivity index (χ0) is 20.6. The Morgan fingerprint density at radius 1 is 1.24 bits per heavy atom. The molecule has 0 fully saturated rings. The van der Waals surface area contributed by atoms with E-state index in [0.29, 0.717) is 23.5 Å². The van der Waals surface area contributed by atoms with Gasteiger partial charge in [0.1, 0.15) is 17.0 Å². The van der Waals surface area contributed by atoms with Crippen molar-refractivity contribution in [3.05, 3.63) is 46.6 Å². The van der Waals surface area contributed by atoms with Gasteiger partial charge in [0.05, 0.1) is 17.6 Å². The van der Waals surface area contributed by atoms with Crippen LogP contribution in [-0.4, -0.2) is 22.5 Å². The van der Waals surface area contributed by atoms with E-state index in [9.17, 15) is 4.79 Å². The van der Waals surface area contributed by atoms with Crippen molar-refractivity contribution in [3.63, 3.8) is 0 Å². The molecule has 1 aromatic carbocycles. The number of nitrogens with one attached hydrogen (secondary N) is 1. The molecule has 5 nitrogen and oxygen atoms in total. The minimum atomic E-state index is -0.302. The van der Waals surface area contributed by atoms with Gasteiger partial charge in [0, 0.05) is 10.6 Å². The number of carbonyl (C=O) groups excluding carboxylic acids is 1. The maximum Gasteiger partial charge on any atom is 0.338 e. The van der Waals surface area contributed by atoms with Gasteiger partial charge in [0.25, 0.3) is 0 Å². The predicted molar refractivity (Wildman–Crippen MR) is 118 cm³/mol. The van der Waals surface area contributed by atoms with Gasteiger partial charge >= 0.3 is 5.97 Å².